The van der Waals surface area contributed by atoms with Crippen molar-refractivity contribution >= 4 is 12.1 Å². The predicted octanol–water partition coefficient (Wildman–Crippen LogP) is 3.66. The number of rotatable bonds is 3. The second kappa shape index (κ2) is 8.40. The highest BCUT2D eigenvalue weighted by Gasteiger charge is 2.67. The molecule has 0 bridgehead atoms. The minimum absolute atomic E-state index is 0.00454. The number of ether oxygens (including phenoxy) is 1. The van der Waals surface area contributed by atoms with E-state index in [1.807, 2.05) is 0 Å². The Morgan fingerprint density at radius 3 is 2.45 bits per heavy atom. The van der Waals surface area contributed by atoms with Crippen molar-refractivity contribution in [2.45, 2.75) is 102 Å². The maximum absolute atomic E-state index is 12.5. The largest absolute Gasteiger partial charge is 0.481 e. The van der Waals surface area contributed by atoms with Crippen molar-refractivity contribution in [2.24, 2.45) is 40.2 Å². The Balaban J connectivity index is 1.24. The Bertz CT molecular complexity index is 785. The predicted molar refractivity (Wildman–Crippen MR) is 126 cm³/mol. The lowest BCUT2D eigenvalue weighted by Crippen LogP contribution is -2.66. The first-order valence-electron chi connectivity index (χ1n) is 13.4. The van der Waals surface area contributed by atoms with E-state index in [1.165, 1.54) is 0 Å². The summed E-state index contributed by atoms with van der Waals surface area (Å²) in [6.45, 7) is 6.52. The molecule has 0 aromatic rings. The van der Waals surface area contributed by atoms with Crippen molar-refractivity contribution < 1.29 is 19.4 Å². The maximum atomic E-state index is 12.5. The van der Waals surface area contributed by atoms with Crippen molar-refractivity contribution in [3.63, 3.8) is 0 Å². The monoisotopic (exact) mass is 461 g/mol. The van der Waals surface area contributed by atoms with Gasteiger partial charge in [0.2, 0.25) is 0 Å². The van der Waals surface area contributed by atoms with Gasteiger partial charge in [0.1, 0.15) is 6.10 Å². The van der Waals surface area contributed by atoms with Crippen LogP contribution < -0.4 is 16.4 Å². The van der Waals surface area contributed by atoms with Gasteiger partial charge in [-0.1, -0.05) is 13.8 Å². The molecule has 1 saturated heterocycles. The lowest BCUT2D eigenvalue weighted by Gasteiger charge is -2.64. The van der Waals surface area contributed by atoms with Gasteiger partial charge in [0, 0.05) is 11.6 Å². The average molecular weight is 462 g/mol. The molecule has 0 spiro atoms. The van der Waals surface area contributed by atoms with Crippen LogP contribution >= 0.6 is 0 Å². The van der Waals surface area contributed by atoms with Gasteiger partial charge in [-0.2, -0.15) is 0 Å². The molecule has 1 heterocycles. The van der Waals surface area contributed by atoms with Crippen molar-refractivity contribution in [2.75, 3.05) is 13.1 Å². The van der Waals surface area contributed by atoms with E-state index in [4.69, 9.17) is 10.5 Å². The number of carboxylic acid groups (broad SMARTS) is 1. The summed E-state index contributed by atoms with van der Waals surface area (Å²) >= 11 is 0. The van der Waals surface area contributed by atoms with E-state index >= 15 is 0 Å². The first-order valence-corrected chi connectivity index (χ1v) is 13.4. The maximum Gasteiger partial charge on any atom is 0.407 e. The van der Waals surface area contributed by atoms with E-state index in [1.54, 1.807) is 0 Å². The number of hydrogen-bond acceptors (Lipinski definition) is 5. The summed E-state index contributed by atoms with van der Waals surface area (Å²) in [5.41, 5.74) is 6.75. The van der Waals surface area contributed by atoms with Crippen LogP contribution in [0.25, 0.3) is 0 Å². The number of nitrogens with one attached hydrogen (secondary N) is 2. The lowest BCUT2D eigenvalue weighted by molar-refractivity contribution is -0.157. The van der Waals surface area contributed by atoms with Crippen molar-refractivity contribution in [1.82, 2.24) is 10.6 Å². The van der Waals surface area contributed by atoms with E-state index < -0.39 is 5.97 Å². The zero-order valence-corrected chi connectivity index (χ0v) is 20.4. The van der Waals surface area contributed by atoms with E-state index in [2.05, 4.69) is 24.5 Å². The Morgan fingerprint density at radius 2 is 1.73 bits per heavy atom. The van der Waals surface area contributed by atoms with E-state index in [-0.39, 0.29) is 40.5 Å². The van der Waals surface area contributed by atoms with Crippen LogP contribution in [0.4, 0.5) is 4.79 Å². The van der Waals surface area contributed by atoms with Gasteiger partial charge in [0.25, 0.3) is 0 Å². The highest BCUT2D eigenvalue weighted by Crippen LogP contribution is 2.68. The molecule has 5 aliphatic rings. The quantitative estimate of drug-likeness (QED) is 0.510. The molecule has 5 rings (SSSR count). The minimum atomic E-state index is -0.663. The molecule has 33 heavy (non-hydrogen) atoms. The van der Waals surface area contributed by atoms with Crippen LogP contribution in [0.15, 0.2) is 0 Å². The van der Waals surface area contributed by atoms with E-state index in [0.717, 1.165) is 77.3 Å². The molecule has 5 fully saturated rings. The fourth-order valence-corrected chi connectivity index (χ4v) is 9.11. The van der Waals surface area contributed by atoms with Gasteiger partial charge in [-0.25, -0.2) is 4.79 Å². The molecule has 4 saturated carbocycles. The number of carbonyl (C=O) groups is 2. The van der Waals surface area contributed by atoms with Crippen LogP contribution in [0, 0.1) is 34.5 Å². The van der Waals surface area contributed by atoms with Gasteiger partial charge >= 0.3 is 12.1 Å². The van der Waals surface area contributed by atoms with Crippen LogP contribution in [0.1, 0.15) is 84.5 Å². The minimum Gasteiger partial charge on any atom is -0.481 e. The van der Waals surface area contributed by atoms with Crippen LogP contribution in [0.5, 0.6) is 0 Å². The number of amides is 1. The number of aliphatic carboxylic acids is 1. The fourth-order valence-electron chi connectivity index (χ4n) is 9.11. The first-order chi connectivity index (χ1) is 15.7. The Hall–Kier alpha value is -1.34. The second-order valence-electron chi connectivity index (χ2n) is 12.4. The molecule has 5 N–H and O–H groups in total. The molecule has 1 aliphatic heterocycles. The van der Waals surface area contributed by atoms with Crippen LogP contribution in [0.3, 0.4) is 0 Å². The van der Waals surface area contributed by atoms with Gasteiger partial charge in [0.15, 0.2) is 0 Å². The summed E-state index contributed by atoms with van der Waals surface area (Å²) in [5, 5.41) is 16.3. The number of carbonyl (C=O) groups excluding carboxylic acids is 1. The van der Waals surface area contributed by atoms with E-state index in [0.29, 0.717) is 24.2 Å². The normalized spacial score (nSPS) is 47.7. The third kappa shape index (κ3) is 3.69. The van der Waals surface area contributed by atoms with Crippen molar-refractivity contribution in [3.05, 3.63) is 0 Å². The first kappa shape index (κ1) is 23.4. The topological polar surface area (TPSA) is 114 Å². The Labute approximate surface area is 198 Å². The van der Waals surface area contributed by atoms with Gasteiger partial charge in [0.05, 0.1) is 5.92 Å². The Kier molecular flexibility index (Phi) is 5.96. The highest BCUT2D eigenvalue weighted by molar-refractivity contribution is 5.72. The van der Waals surface area contributed by atoms with E-state index in [9.17, 15) is 14.7 Å². The summed E-state index contributed by atoms with van der Waals surface area (Å²) in [7, 11) is 0. The summed E-state index contributed by atoms with van der Waals surface area (Å²) in [6, 6.07) is 0.223. The zero-order chi connectivity index (χ0) is 23.4. The molecule has 0 aromatic carbocycles. The summed E-state index contributed by atoms with van der Waals surface area (Å²) in [4.78, 5) is 24.5. The highest BCUT2D eigenvalue weighted by atomic mass is 16.6. The molecule has 7 heteroatoms. The van der Waals surface area contributed by atoms with Gasteiger partial charge in [-0.3, -0.25) is 4.79 Å². The van der Waals surface area contributed by atoms with Gasteiger partial charge < -0.3 is 26.2 Å². The fraction of sp³-hybridized carbons (Fsp3) is 0.923. The Morgan fingerprint density at radius 1 is 0.970 bits per heavy atom. The third-order valence-corrected chi connectivity index (χ3v) is 11.2. The second-order valence-corrected chi connectivity index (χ2v) is 12.4. The van der Waals surface area contributed by atoms with Crippen LogP contribution in [-0.4, -0.2) is 47.9 Å². The summed E-state index contributed by atoms with van der Waals surface area (Å²) in [6.07, 6.45) is 10.4. The molecular formula is C26H43N3O4. The molecule has 0 radical (unpaired) electrons. The summed E-state index contributed by atoms with van der Waals surface area (Å²) in [5.74, 6) is 0.530. The SMILES string of the molecule is C[C@]12CC[C@H](OC(=O)NC3CCNCC3)C[C@H]1CC[C@@H]1[C@@H]2CC[C@]2(C)[C@@H](C(=O)O)CC[C@]12N. The number of fused-ring (bicyclic) bond motifs is 5. The molecule has 186 valence electrons. The number of hydrogen-bond donors (Lipinski definition) is 4. The number of piperidine rings is 1. The smallest absolute Gasteiger partial charge is 0.407 e. The molecule has 0 unspecified atom stereocenters. The van der Waals surface area contributed by atoms with Crippen LogP contribution in [-0.2, 0) is 9.53 Å². The molecule has 0 aromatic heterocycles. The lowest BCUT2D eigenvalue weighted by atomic mass is 9.42. The summed E-state index contributed by atoms with van der Waals surface area (Å²) < 4.78 is 5.91. The molecule has 1 amide bonds. The van der Waals surface area contributed by atoms with Crippen molar-refractivity contribution in [3.8, 4) is 0 Å². The number of alkyl carbamates (subject to hydrolysis) is 1. The van der Waals surface area contributed by atoms with Gasteiger partial charge in [-0.05, 0) is 112 Å². The third-order valence-electron chi connectivity index (χ3n) is 11.2. The molecule has 8 atom stereocenters. The standard InChI is InChI=1S/C26H43N3O4/c1-24-10-5-18(33-23(32)29-17-8-13-28-14-9-17)15-16(24)3-4-20-19(24)6-11-25(2)21(22(30)31)7-12-26(20,25)27/h16-21,28H,3-15,27H2,1-2H3,(H,29,32)(H,30,31)/t16-,18+,19+,20-,21-,24+,25-,26+/m1/s1. The zero-order valence-electron chi connectivity index (χ0n) is 20.4. The number of carboxylic acids is 1. The molecule has 4 aliphatic carbocycles. The molecule has 7 nitrogen and oxygen atoms in total. The van der Waals surface area contributed by atoms with Crippen LogP contribution in [0.2, 0.25) is 0 Å². The van der Waals surface area contributed by atoms with Gasteiger partial charge in [-0.15, -0.1) is 0 Å². The number of nitrogens with two attached hydrogens (primary N) is 1. The van der Waals surface area contributed by atoms with Crippen molar-refractivity contribution in [1.29, 1.82) is 0 Å². The average Bonchev–Trinajstić information content (AvgIpc) is 3.06. The molecular weight excluding hydrogens is 418 g/mol.